The molecule has 0 fully saturated rings. The summed E-state index contributed by atoms with van der Waals surface area (Å²) in [6, 6.07) is 0. The minimum Gasteiger partial charge on any atom is -0.412 e. The van der Waals surface area contributed by atoms with E-state index in [1.165, 1.54) is 0 Å². The molecule has 0 aliphatic heterocycles. The molecule has 0 atom stereocenters. The zero-order valence-electron chi connectivity index (χ0n) is 9.00. The second-order valence-corrected chi connectivity index (χ2v) is 0. The van der Waals surface area contributed by atoms with Crippen molar-refractivity contribution in [3.63, 3.8) is 0 Å². The molecule has 15 heavy (non-hydrogen) atoms. The van der Waals surface area contributed by atoms with Crippen molar-refractivity contribution in [2.45, 2.75) is 0 Å². The van der Waals surface area contributed by atoms with Crippen LogP contribution in [0.3, 0.4) is 0 Å². The van der Waals surface area contributed by atoms with Crippen LogP contribution in [-0.2, 0) is 0 Å². The molecule has 0 amide bonds. The van der Waals surface area contributed by atoms with Gasteiger partial charge in [-0.3, -0.25) is 0 Å². The number of rotatable bonds is 0. The molecule has 0 rings (SSSR count). The van der Waals surface area contributed by atoms with E-state index in [1.807, 2.05) is 0 Å². The van der Waals surface area contributed by atoms with Gasteiger partial charge in [-0.05, 0) is 0 Å². The van der Waals surface area contributed by atoms with Crippen molar-refractivity contribution >= 4 is 0 Å². The average molecular weight is 285 g/mol. The van der Waals surface area contributed by atoms with E-state index in [0.717, 1.165) is 0 Å². The largest absolute Gasteiger partial charge is 1.00 e. The van der Waals surface area contributed by atoms with Crippen LogP contribution in [0.2, 0.25) is 0 Å². The predicted octanol–water partition coefficient (Wildman–Crippen LogP) is -18.9. The van der Waals surface area contributed by atoms with Crippen LogP contribution in [0, 0.1) is 0 Å². The van der Waals surface area contributed by atoms with Crippen LogP contribution in [0.25, 0.3) is 0 Å². The topological polar surface area (TPSA) is 378 Å². The van der Waals surface area contributed by atoms with Crippen LogP contribution >= 0.6 is 0 Å². The first kappa shape index (κ1) is 753. The molecule has 0 spiro atoms. The summed E-state index contributed by atoms with van der Waals surface area (Å²) in [6.45, 7) is 0. The smallest absolute Gasteiger partial charge is 0.412 e. The number of hydrogen-bond donors (Lipinski definition) is 0. The second-order valence-electron chi connectivity index (χ2n) is 0. The van der Waals surface area contributed by atoms with Crippen molar-refractivity contribution in [1.29, 1.82) is 0 Å². The Morgan fingerprint density at radius 1 is 0.133 bits per heavy atom. The molecule has 24 N–H and O–H groups in total. The van der Waals surface area contributed by atoms with Gasteiger partial charge in [-0.2, -0.15) is 0 Å². The Morgan fingerprint density at radius 3 is 0.133 bits per heavy atom. The van der Waals surface area contributed by atoms with E-state index in [9.17, 15) is 0 Å². The van der Waals surface area contributed by atoms with Gasteiger partial charge >= 0.3 is 88.7 Å². The van der Waals surface area contributed by atoms with Crippen LogP contribution in [0.15, 0.2) is 0 Å². The van der Waals surface area contributed by atoms with Gasteiger partial charge in [0.1, 0.15) is 0 Å². The van der Waals surface area contributed by atoms with Gasteiger partial charge < -0.3 is 65.7 Å². The van der Waals surface area contributed by atoms with Crippen LogP contribution in [0.1, 0.15) is 0 Å². The zero-order chi connectivity index (χ0) is 0. The fourth-order valence-corrected chi connectivity index (χ4v) is 0. The van der Waals surface area contributed by atoms with Crippen LogP contribution in [-0.4, -0.2) is 65.7 Å². The maximum atomic E-state index is 0. The van der Waals surface area contributed by atoms with E-state index in [-0.39, 0.29) is 154 Å². The second kappa shape index (κ2) is 627. The van der Waals surface area contributed by atoms with E-state index in [2.05, 4.69) is 0 Å². The maximum absolute atomic E-state index is 0. The monoisotopic (exact) mass is 285 g/mol. The molecule has 96 valence electrons. The van der Waals surface area contributed by atoms with Crippen LogP contribution in [0.5, 0.6) is 0 Å². The maximum Gasteiger partial charge on any atom is 1.00 e. The van der Waals surface area contributed by atoms with Gasteiger partial charge in [-0.25, -0.2) is 0 Å². The van der Waals surface area contributed by atoms with Gasteiger partial charge in [0.15, 0.2) is 0 Å². The van der Waals surface area contributed by atoms with E-state index in [0.29, 0.717) is 0 Å². The third kappa shape index (κ3) is 548. The third-order valence-electron chi connectivity index (χ3n) is 0. The Bertz CT molecular complexity index is 10.8. The quantitative estimate of drug-likeness (QED) is 0.373. The summed E-state index contributed by atoms with van der Waals surface area (Å²) in [5.74, 6) is 0. The summed E-state index contributed by atoms with van der Waals surface area (Å²) >= 11 is 0. The van der Waals surface area contributed by atoms with Crippen molar-refractivity contribution < 1.29 is 154 Å². The molecule has 0 unspecified atom stereocenters. The van der Waals surface area contributed by atoms with Gasteiger partial charge in [0.05, 0.1) is 0 Å². The molecule has 0 aliphatic rings. The van der Waals surface area contributed by atoms with E-state index in [4.69, 9.17) is 0 Å². The standard InChI is InChI=1S/3Na.12H2O/h;;;12*1H2/q3*+1;;;;;;;;;;;;. The molecular weight excluding hydrogens is 261 g/mol. The zero-order valence-corrected chi connectivity index (χ0v) is 15.0. The van der Waals surface area contributed by atoms with E-state index < -0.39 is 0 Å². The molecule has 0 bridgehead atoms. The van der Waals surface area contributed by atoms with Crippen molar-refractivity contribution in [3.8, 4) is 0 Å². The normalized spacial score (nSPS) is 0. The van der Waals surface area contributed by atoms with Gasteiger partial charge in [-0.1, -0.05) is 0 Å². The fourth-order valence-electron chi connectivity index (χ4n) is 0. The Labute approximate surface area is 152 Å². The summed E-state index contributed by atoms with van der Waals surface area (Å²) in [7, 11) is 0. The molecule has 0 heterocycles. The average Bonchev–Trinajstić information content (AvgIpc) is 0. The Kier molecular flexibility index (Phi) is 31500. The summed E-state index contributed by atoms with van der Waals surface area (Å²) in [5, 5.41) is 0. The minimum absolute atomic E-state index is 0. The Hall–Kier alpha value is 2.52. The predicted molar refractivity (Wildman–Crippen MR) is 43.4 cm³/mol. The van der Waals surface area contributed by atoms with Crippen LogP contribution < -0.4 is 88.7 Å². The molecule has 0 saturated carbocycles. The first-order valence-electron chi connectivity index (χ1n) is 0. The molecule has 0 saturated heterocycles. The van der Waals surface area contributed by atoms with Crippen molar-refractivity contribution in [2.75, 3.05) is 0 Å². The molecular formula is H24Na3O12+3. The molecule has 0 aliphatic carbocycles. The first-order chi connectivity index (χ1) is 0. The first-order valence-corrected chi connectivity index (χ1v) is 0. The fraction of sp³-hybridized carbons (Fsp3) is 0. The molecule has 0 aromatic heterocycles. The van der Waals surface area contributed by atoms with Crippen molar-refractivity contribution in [2.24, 2.45) is 0 Å². The number of hydrogen-bond acceptors (Lipinski definition) is 0. The molecule has 15 heteroatoms. The van der Waals surface area contributed by atoms with Crippen molar-refractivity contribution in [3.05, 3.63) is 0 Å². The summed E-state index contributed by atoms with van der Waals surface area (Å²) in [6.07, 6.45) is 0. The van der Waals surface area contributed by atoms with E-state index >= 15 is 0 Å². The Balaban J connectivity index is 0. The molecule has 0 aromatic rings. The Morgan fingerprint density at radius 2 is 0.133 bits per heavy atom. The summed E-state index contributed by atoms with van der Waals surface area (Å²) in [4.78, 5) is 0. The third-order valence-corrected chi connectivity index (χ3v) is 0. The molecule has 0 radical (unpaired) electrons. The molecule has 0 aromatic carbocycles. The SMILES string of the molecule is O.O.O.O.O.O.O.O.O.O.O.O.[Na+].[Na+].[Na+]. The van der Waals surface area contributed by atoms with Gasteiger partial charge in [0.25, 0.3) is 0 Å². The van der Waals surface area contributed by atoms with Gasteiger partial charge in [0, 0.05) is 0 Å². The van der Waals surface area contributed by atoms with Gasteiger partial charge in [-0.15, -0.1) is 0 Å². The van der Waals surface area contributed by atoms with Crippen LogP contribution in [0.4, 0.5) is 0 Å². The summed E-state index contributed by atoms with van der Waals surface area (Å²) < 4.78 is 0. The van der Waals surface area contributed by atoms with Gasteiger partial charge in [0.2, 0.25) is 0 Å². The minimum atomic E-state index is 0. The van der Waals surface area contributed by atoms with Crippen molar-refractivity contribution in [1.82, 2.24) is 0 Å². The summed E-state index contributed by atoms with van der Waals surface area (Å²) in [5.41, 5.74) is 0. The molecule has 12 nitrogen and oxygen atoms in total. The van der Waals surface area contributed by atoms with E-state index in [1.54, 1.807) is 0 Å².